The molecule has 1 saturated heterocycles. The minimum atomic E-state index is -0.458. The van der Waals surface area contributed by atoms with E-state index in [9.17, 15) is 9.59 Å². The SMILES string of the molecule is CCCN(C(=O)c1nc2c(C(=O)OC)cccc2[nH]1)C1CCNCC1. The summed E-state index contributed by atoms with van der Waals surface area (Å²) in [4.78, 5) is 34.4. The van der Waals surface area contributed by atoms with Crippen LogP contribution in [-0.4, -0.2) is 59.5 Å². The molecule has 0 radical (unpaired) electrons. The molecule has 7 nitrogen and oxygen atoms in total. The van der Waals surface area contributed by atoms with E-state index in [-0.39, 0.29) is 17.8 Å². The molecule has 1 aromatic carbocycles. The van der Waals surface area contributed by atoms with E-state index < -0.39 is 5.97 Å². The fourth-order valence-electron chi connectivity index (χ4n) is 3.35. The Hall–Kier alpha value is -2.41. The minimum Gasteiger partial charge on any atom is -0.465 e. The third-order valence-corrected chi connectivity index (χ3v) is 4.60. The minimum absolute atomic E-state index is 0.110. The van der Waals surface area contributed by atoms with Gasteiger partial charge in [0.25, 0.3) is 5.91 Å². The Morgan fingerprint density at radius 3 is 2.76 bits per heavy atom. The third kappa shape index (κ3) is 3.51. The van der Waals surface area contributed by atoms with Gasteiger partial charge < -0.3 is 19.9 Å². The maximum Gasteiger partial charge on any atom is 0.340 e. The number of H-pyrrole nitrogens is 1. The van der Waals surface area contributed by atoms with Gasteiger partial charge in [-0.25, -0.2) is 9.78 Å². The van der Waals surface area contributed by atoms with Crippen molar-refractivity contribution in [2.24, 2.45) is 0 Å². The van der Waals surface area contributed by atoms with Crippen LogP contribution in [0.25, 0.3) is 11.0 Å². The number of nitrogens with zero attached hydrogens (tertiary/aromatic N) is 2. The van der Waals surface area contributed by atoms with Gasteiger partial charge in [0.1, 0.15) is 5.52 Å². The number of esters is 1. The van der Waals surface area contributed by atoms with Crippen molar-refractivity contribution in [3.8, 4) is 0 Å². The van der Waals surface area contributed by atoms with Gasteiger partial charge in [0.05, 0.1) is 18.2 Å². The molecule has 0 unspecified atom stereocenters. The van der Waals surface area contributed by atoms with E-state index in [1.54, 1.807) is 18.2 Å². The van der Waals surface area contributed by atoms with Crippen LogP contribution in [-0.2, 0) is 4.74 Å². The lowest BCUT2D eigenvalue weighted by Crippen LogP contribution is -2.46. The molecule has 0 spiro atoms. The van der Waals surface area contributed by atoms with Crippen molar-refractivity contribution in [1.82, 2.24) is 20.2 Å². The molecule has 0 atom stereocenters. The number of hydrogen-bond acceptors (Lipinski definition) is 5. The number of aromatic nitrogens is 2. The summed E-state index contributed by atoms with van der Waals surface area (Å²) in [5.74, 6) is -0.293. The van der Waals surface area contributed by atoms with Crippen molar-refractivity contribution < 1.29 is 14.3 Å². The number of aromatic amines is 1. The zero-order valence-electron chi connectivity index (χ0n) is 14.7. The molecule has 1 aliphatic heterocycles. The largest absolute Gasteiger partial charge is 0.465 e. The van der Waals surface area contributed by atoms with E-state index in [2.05, 4.69) is 22.2 Å². The highest BCUT2D eigenvalue weighted by Crippen LogP contribution is 2.20. The zero-order valence-corrected chi connectivity index (χ0v) is 14.7. The van der Waals surface area contributed by atoms with E-state index in [4.69, 9.17) is 4.74 Å². The highest BCUT2D eigenvalue weighted by molar-refractivity contribution is 6.04. The number of rotatable bonds is 5. The molecule has 3 rings (SSSR count). The fraction of sp³-hybridized carbons (Fsp3) is 0.500. The second-order valence-corrected chi connectivity index (χ2v) is 6.26. The molecule has 7 heteroatoms. The predicted molar refractivity (Wildman–Crippen MR) is 94.7 cm³/mol. The van der Waals surface area contributed by atoms with Crippen LogP contribution in [0.2, 0.25) is 0 Å². The van der Waals surface area contributed by atoms with Crippen LogP contribution in [0.1, 0.15) is 47.2 Å². The number of fused-ring (bicyclic) bond motifs is 1. The first-order chi connectivity index (χ1) is 12.2. The second kappa shape index (κ2) is 7.65. The van der Waals surface area contributed by atoms with Crippen molar-refractivity contribution in [3.63, 3.8) is 0 Å². The van der Waals surface area contributed by atoms with E-state index in [1.807, 2.05) is 4.90 Å². The lowest BCUT2D eigenvalue weighted by atomic mass is 10.0. The third-order valence-electron chi connectivity index (χ3n) is 4.60. The van der Waals surface area contributed by atoms with Crippen LogP contribution in [0.15, 0.2) is 18.2 Å². The van der Waals surface area contributed by atoms with E-state index in [0.29, 0.717) is 23.1 Å². The summed E-state index contributed by atoms with van der Waals surface area (Å²) in [5.41, 5.74) is 1.49. The van der Waals surface area contributed by atoms with Gasteiger partial charge in [0, 0.05) is 12.6 Å². The van der Waals surface area contributed by atoms with Gasteiger partial charge in [-0.3, -0.25) is 4.79 Å². The normalized spacial score (nSPS) is 15.3. The molecule has 0 saturated carbocycles. The number of nitrogens with one attached hydrogen (secondary N) is 2. The van der Waals surface area contributed by atoms with Crippen molar-refractivity contribution >= 4 is 22.9 Å². The molecule has 1 aliphatic rings. The number of methoxy groups -OCH3 is 1. The first kappa shape index (κ1) is 17.4. The first-order valence-electron chi connectivity index (χ1n) is 8.74. The molecule has 0 bridgehead atoms. The summed E-state index contributed by atoms with van der Waals surface area (Å²) in [6.45, 7) is 4.61. The summed E-state index contributed by atoms with van der Waals surface area (Å²) in [6.07, 6.45) is 2.78. The van der Waals surface area contributed by atoms with Gasteiger partial charge in [-0.05, 0) is 44.5 Å². The molecule has 1 amide bonds. The van der Waals surface area contributed by atoms with Crippen molar-refractivity contribution in [1.29, 1.82) is 0 Å². The Balaban J connectivity index is 1.93. The zero-order chi connectivity index (χ0) is 17.8. The molecule has 2 N–H and O–H groups in total. The fourth-order valence-corrected chi connectivity index (χ4v) is 3.35. The van der Waals surface area contributed by atoms with Crippen molar-refractivity contribution in [2.45, 2.75) is 32.2 Å². The first-order valence-corrected chi connectivity index (χ1v) is 8.74. The van der Waals surface area contributed by atoms with Crippen LogP contribution in [0.4, 0.5) is 0 Å². The lowest BCUT2D eigenvalue weighted by Gasteiger charge is -2.34. The standard InChI is InChI=1S/C18H24N4O3/c1-3-11-22(12-7-9-19-10-8-12)17(23)16-20-14-6-4-5-13(15(14)21-16)18(24)25-2/h4-6,12,19H,3,7-11H2,1-2H3,(H,20,21). The van der Waals surface area contributed by atoms with Gasteiger partial charge in [-0.15, -0.1) is 0 Å². The van der Waals surface area contributed by atoms with Gasteiger partial charge in [0.15, 0.2) is 5.82 Å². The highest BCUT2D eigenvalue weighted by Gasteiger charge is 2.28. The maximum atomic E-state index is 13.0. The Kier molecular flexibility index (Phi) is 5.33. The molecular formula is C18H24N4O3. The molecule has 2 aromatic rings. The van der Waals surface area contributed by atoms with Crippen LogP contribution < -0.4 is 5.32 Å². The lowest BCUT2D eigenvalue weighted by molar-refractivity contribution is 0.0599. The molecule has 25 heavy (non-hydrogen) atoms. The molecule has 2 heterocycles. The number of hydrogen-bond donors (Lipinski definition) is 2. The molecule has 134 valence electrons. The number of benzene rings is 1. The van der Waals surface area contributed by atoms with Gasteiger partial charge in [-0.2, -0.15) is 0 Å². The van der Waals surface area contributed by atoms with Crippen molar-refractivity contribution in [3.05, 3.63) is 29.6 Å². The molecule has 1 aromatic heterocycles. The van der Waals surface area contributed by atoms with Gasteiger partial charge in [-0.1, -0.05) is 13.0 Å². The predicted octanol–water partition coefficient (Wildman–Crippen LogP) is 1.95. The number of imidazole rings is 1. The Labute approximate surface area is 146 Å². The van der Waals surface area contributed by atoms with Crippen LogP contribution >= 0.6 is 0 Å². The molecule has 1 fully saturated rings. The number of ether oxygens (including phenoxy) is 1. The Morgan fingerprint density at radius 2 is 2.08 bits per heavy atom. The average Bonchev–Trinajstić information content (AvgIpc) is 3.10. The average molecular weight is 344 g/mol. The smallest absolute Gasteiger partial charge is 0.340 e. The summed E-state index contributed by atoms with van der Waals surface area (Å²) in [7, 11) is 1.33. The monoisotopic (exact) mass is 344 g/mol. The van der Waals surface area contributed by atoms with Crippen molar-refractivity contribution in [2.75, 3.05) is 26.7 Å². The Bertz CT molecular complexity index is 765. The summed E-state index contributed by atoms with van der Waals surface area (Å²) >= 11 is 0. The summed E-state index contributed by atoms with van der Waals surface area (Å²) in [6, 6.07) is 5.43. The van der Waals surface area contributed by atoms with Gasteiger partial charge in [0.2, 0.25) is 0 Å². The number of carbonyl (C=O) groups is 2. The number of carbonyl (C=O) groups excluding carboxylic acids is 2. The van der Waals surface area contributed by atoms with Crippen LogP contribution in [0.3, 0.4) is 0 Å². The van der Waals surface area contributed by atoms with E-state index >= 15 is 0 Å². The molecule has 0 aliphatic carbocycles. The number of piperidine rings is 1. The van der Waals surface area contributed by atoms with Crippen LogP contribution in [0, 0.1) is 0 Å². The number of amides is 1. The Morgan fingerprint density at radius 1 is 1.32 bits per heavy atom. The van der Waals surface area contributed by atoms with E-state index in [1.165, 1.54) is 7.11 Å². The highest BCUT2D eigenvalue weighted by atomic mass is 16.5. The van der Waals surface area contributed by atoms with Crippen LogP contribution in [0.5, 0.6) is 0 Å². The number of para-hydroxylation sites is 1. The summed E-state index contributed by atoms with van der Waals surface area (Å²) in [5, 5.41) is 3.33. The molecular weight excluding hydrogens is 320 g/mol. The second-order valence-electron chi connectivity index (χ2n) is 6.26. The van der Waals surface area contributed by atoms with Gasteiger partial charge >= 0.3 is 5.97 Å². The quantitative estimate of drug-likeness (QED) is 0.810. The maximum absolute atomic E-state index is 13.0. The summed E-state index contributed by atoms with van der Waals surface area (Å²) < 4.78 is 4.80. The van der Waals surface area contributed by atoms with E-state index in [0.717, 1.165) is 32.4 Å². The topological polar surface area (TPSA) is 87.3 Å².